The summed E-state index contributed by atoms with van der Waals surface area (Å²) in [5, 5.41) is 39.4. The Morgan fingerprint density at radius 3 is 2.62 bits per heavy atom. The predicted octanol–water partition coefficient (Wildman–Crippen LogP) is -0.720. The van der Waals surface area contributed by atoms with Crippen LogP contribution in [0.3, 0.4) is 0 Å². The second kappa shape index (κ2) is 6.50. The van der Waals surface area contributed by atoms with E-state index in [0.717, 1.165) is 11.6 Å². The molecule has 3 rings (SSSR count). The topological polar surface area (TPSA) is 130 Å². The maximum absolute atomic E-state index is 11.7. The highest BCUT2D eigenvalue weighted by atomic mass is 16.7. The van der Waals surface area contributed by atoms with Gasteiger partial charge in [0.25, 0.3) is 0 Å². The molecule has 4 N–H and O–H groups in total. The number of benzene rings is 1. The molecule has 1 aliphatic heterocycles. The van der Waals surface area contributed by atoms with E-state index in [9.17, 15) is 25.2 Å². The zero-order valence-electron chi connectivity index (χ0n) is 12.8. The number of aliphatic hydroxyl groups is 4. The molecule has 5 atom stereocenters. The Kier molecular flexibility index (Phi) is 4.57. The first-order chi connectivity index (χ1) is 11.4. The smallest absolute Gasteiger partial charge is 0.339 e. The molecular weight excluding hydrogens is 320 g/mol. The van der Waals surface area contributed by atoms with Crippen molar-refractivity contribution in [1.29, 1.82) is 0 Å². The van der Waals surface area contributed by atoms with E-state index in [1.54, 1.807) is 25.1 Å². The molecule has 24 heavy (non-hydrogen) atoms. The maximum atomic E-state index is 11.7. The summed E-state index contributed by atoms with van der Waals surface area (Å²) in [5.41, 5.74) is 0.436. The fourth-order valence-electron chi connectivity index (χ4n) is 2.74. The minimum atomic E-state index is -1.56. The molecule has 0 saturated carbocycles. The normalized spacial score (nSPS) is 30.5. The first-order valence-electron chi connectivity index (χ1n) is 7.43. The van der Waals surface area contributed by atoms with Crippen LogP contribution in [-0.4, -0.2) is 57.7 Å². The van der Waals surface area contributed by atoms with Gasteiger partial charge in [0.15, 0.2) is 0 Å². The molecule has 0 radical (unpaired) electrons. The van der Waals surface area contributed by atoms with Crippen LogP contribution in [0.4, 0.5) is 0 Å². The van der Waals surface area contributed by atoms with Crippen molar-refractivity contribution in [1.82, 2.24) is 0 Å². The van der Waals surface area contributed by atoms with Crippen molar-refractivity contribution >= 4 is 11.0 Å². The molecule has 1 fully saturated rings. The largest absolute Gasteiger partial charge is 0.461 e. The molecule has 1 aliphatic rings. The summed E-state index contributed by atoms with van der Waals surface area (Å²) >= 11 is 0. The Balaban J connectivity index is 1.99. The van der Waals surface area contributed by atoms with Gasteiger partial charge in [0, 0.05) is 0 Å². The summed E-state index contributed by atoms with van der Waals surface area (Å²) in [5.74, 6) is 0.115. The Morgan fingerprint density at radius 1 is 1.17 bits per heavy atom. The van der Waals surface area contributed by atoms with Crippen molar-refractivity contribution in [2.24, 2.45) is 0 Å². The molecule has 8 nitrogen and oxygen atoms in total. The summed E-state index contributed by atoms with van der Waals surface area (Å²) < 4.78 is 16.0. The van der Waals surface area contributed by atoms with Crippen LogP contribution in [0.2, 0.25) is 0 Å². The van der Waals surface area contributed by atoms with E-state index in [2.05, 4.69) is 0 Å². The Morgan fingerprint density at radius 2 is 1.92 bits per heavy atom. The van der Waals surface area contributed by atoms with Crippen molar-refractivity contribution < 1.29 is 34.3 Å². The highest BCUT2D eigenvalue weighted by Gasteiger charge is 2.44. The molecule has 0 aliphatic carbocycles. The van der Waals surface area contributed by atoms with E-state index in [4.69, 9.17) is 13.9 Å². The zero-order valence-corrected chi connectivity index (χ0v) is 12.8. The van der Waals surface area contributed by atoms with Gasteiger partial charge in [0.2, 0.25) is 6.29 Å². The van der Waals surface area contributed by atoms with Crippen molar-refractivity contribution in [3.63, 3.8) is 0 Å². The molecule has 1 saturated heterocycles. The van der Waals surface area contributed by atoms with E-state index >= 15 is 0 Å². The predicted molar refractivity (Wildman–Crippen MR) is 81.6 cm³/mol. The molecule has 1 aromatic heterocycles. The highest BCUT2D eigenvalue weighted by Crippen LogP contribution is 2.30. The molecule has 2 aromatic rings. The van der Waals surface area contributed by atoms with Crippen LogP contribution in [0.15, 0.2) is 33.5 Å². The number of hydrogen-bond donors (Lipinski definition) is 4. The van der Waals surface area contributed by atoms with Gasteiger partial charge in [-0.3, -0.25) is 0 Å². The minimum absolute atomic E-state index is 0.115. The molecule has 1 aromatic carbocycles. The van der Waals surface area contributed by atoms with E-state index in [-0.39, 0.29) is 5.75 Å². The fourth-order valence-corrected chi connectivity index (χ4v) is 2.74. The lowest BCUT2D eigenvalue weighted by molar-refractivity contribution is -0.277. The number of ether oxygens (including phenoxy) is 2. The lowest BCUT2D eigenvalue weighted by atomic mass is 9.99. The molecular formula is C16H18O8. The van der Waals surface area contributed by atoms with Crippen LogP contribution in [-0.2, 0) is 4.74 Å². The van der Waals surface area contributed by atoms with Crippen LogP contribution < -0.4 is 10.4 Å². The van der Waals surface area contributed by atoms with Gasteiger partial charge < -0.3 is 34.3 Å². The van der Waals surface area contributed by atoms with E-state index < -0.39 is 42.9 Å². The molecule has 8 heteroatoms. The standard InChI is InChI=1S/C16H18O8/c1-7-3-2-4-8-12(7)9(5-11(18)22-8)23-16-15(21)14(20)13(19)10(6-17)24-16/h2-5,10,13-17,19-21H,6H2,1H3/t10-,13-,14+,15-,16?/m1/s1. The van der Waals surface area contributed by atoms with Gasteiger partial charge in [0.1, 0.15) is 35.7 Å². The molecule has 0 bridgehead atoms. The summed E-state index contributed by atoms with van der Waals surface area (Å²) in [4.78, 5) is 11.7. The molecule has 2 heterocycles. The summed E-state index contributed by atoms with van der Waals surface area (Å²) in [6, 6.07) is 6.22. The molecule has 130 valence electrons. The molecule has 0 spiro atoms. The van der Waals surface area contributed by atoms with Crippen molar-refractivity contribution in [3.05, 3.63) is 40.2 Å². The lowest BCUT2D eigenvalue weighted by Gasteiger charge is -2.39. The second-order valence-corrected chi connectivity index (χ2v) is 5.69. The number of rotatable bonds is 3. The van der Waals surface area contributed by atoms with Crippen molar-refractivity contribution in [2.45, 2.75) is 37.6 Å². The van der Waals surface area contributed by atoms with Gasteiger partial charge in [-0.15, -0.1) is 0 Å². The second-order valence-electron chi connectivity index (χ2n) is 5.69. The van der Waals surface area contributed by atoms with E-state index in [0.29, 0.717) is 11.0 Å². The summed E-state index contributed by atoms with van der Waals surface area (Å²) in [7, 11) is 0. The number of aliphatic hydroxyl groups excluding tert-OH is 4. The van der Waals surface area contributed by atoms with Gasteiger partial charge in [-0.2, -0.15) is 0 Å². The van der Waals surface area contributed by atoms with Gasteiger partial charge in [-0.1, -0.05) is 12.1 Å². The van der Waals surface area contributed by atoms with Crippen molar-refractivity contribution in [3.8, 4) is 5.75 Å². The average molecular weight is 338 g/mol. The quantitative estimate of drug-likeness (QED) is 0.540. The third-order valence-electron chi connectivity index (χ3n) is 4.03. The summed E-state index contributed by atoms with van der Waals surface area (Å²) in [6.07, 6.45) is -7.07. The third-order valence-corrected chi connectivity index (χ3v) is 4.03. The van der Waals surface area contributed by atoms with Gasteiger partial charge in [-0.05, 0) is 18.6 Å². The molecule has 0 amide bonds. The lowest BCUT2D eigenvalue weighted by Crippen LogP contribution is -2.60. The van der Waals surface area contributed by atoms with Crippen LogP contribution in [0, 0.1) is 6.92 Å². The number of aryl methyl sites for hydroxylation is 1. The van der Waals surface area contributed by atoms with E-state index in [1.807, 2.05) is 0 Å². The fraction of sp³-hybridized carbons (Fsp3) is 0.438. The maximum Gasteiger partial charge on any atom is 0.339 e. The van der Waals surface area contributed by atoms with Gasteiger partial charge in [-0.25, -0.2) is 4.79 Å². The monoisotopic (exact) mass is 338 g/mol. The Labute approximate surface area is 136 Å². The van der Waals surface area contributed by atoms with Crippen LogP contribution in [0.1, 0.15) is 5.56 Å². The Hall–Kier alpha value is -1.97. The first-order valence-corrected chi connectivity index (χ1v) is 7.43. The number of fused-ring (bicyclic) bond motifs is 1. The van der Waals surface area contributed by atoms with Crippen LogP contribution in [0.25, 0.3) is 11.0 Å². The van der Waals surface area contributed by atoms with Crippen LogP contribution >= 0.6 is 0 Å². The van der Waals surface area contributed by atoms with Crippen LogP contribution in [0.5, 0.6) is 5.75 Å². The van der Waals surface area contributed by atoms with Crippen molar-refractivity contribution in [2.75, 3.05) is 6.61 Å². The Bertz CT molecular complexity index is 783. The SMILES string of the molecule is Cc1cccc2oc(=O)cc(OC3O[C@H](CO)[C@@H](O)[C@H](O)[C@H]3O)c12. The number of hydrogen-bond acceptors (Lipinski definition) is 8. The third kappa shape index (κ3) is 2.90. The minimum Gasteiger partial charge on any atom is -0.461 e. The van der Waals surface area contributed by atoms with Gasteiger partial charge >= 0.3 is 5.63 Å². The first kappa shape index (κ1) is 16.9. The average Bonchev–Trinajstić information content (AvgIpc) is 2.55. The molecule has 1 unspecified atom stereocenters. The highest BCUT2D eigenvalue weighted by molar-refractivity contribution is 5.86. The van der Waals surface area contributed by atoms with Gasteiger partial charge in [0.05, 0.1) is 18.1 Å². The zero-order chi connectivity index (χ0) is 17.4. The summed E-state index contributed by atoms with van der Waals surface area (Å²) in [6.45, 7) is 1.23. The van der Waals surface area contributed by atoms with E-state index in [1.165, 1.54) is 0 Å².